The Bertz CT molecular complexity index is 550. The Morgan fingerprint density at radius 2 is 1.58 bits per heavy atom. The van der Waals surface area contributed by atoms with Gasteiger partial charge in [0.1, 0.15) is 0 Å². The second-order valence-electron chi connectivity index (χ2n) is 5.47. The fourth-order valence-corrected chi connectivity index (χ4v) is 4.70. The Morgan fingerprint density at radius 3 is 2.05 bits per heavy atom. The zero-order chi connectivity index (χ0) is 14.2. The SMILES string of the molecule is Cc1cc(C)c(S(=O)(=O)N2CCC(N)CC2)c(C)c1. The average Bonchev–Trinajstić information content (AvgIpc) is 2.27. The molecule has 19 heavy (non-hydrogen) atoms. The summed E-state index contributed by atoms with van der Waals surface area (Å²) >= 11 is 0. The van der Waals surface area contributed by atoms with E-state index in [2.05, 4.69) is 0 Å². The van der Waals surface area contributed by atoms with Crippen LogP contribution in [0.1, 0.15) is 29.5 Å². The van der Waals surface area contributed by atoms with E-state index in [9.17, 15) is 8.42 Å². The maximum atomic E-state index is 12.7. The number of nitrogens with two attached hydrogens (primary N) is 1. The minimum atomic E-state index is -3.39. The van der Waals surface area contributed by atoms with E-state index in [1.54, 1.807) is 4.31 Å². The second kappa shape index (κ2) is 5.23. The van der Waals surface area contributed by atoms with E-state index in [0.29, 0.717) is 18.0 Å². The van der Waals surface area contributed by atoms with E-state index in [1.165, 1.54) is 0 Å². The lowest BCUT2D eigenvalue weighted by Crippen LogP contribution is -2.43. The van der Waals surface area contributed by atoms with Gasteiger partial charge in [-0.25, -0.2) is 8.42 Å². The van der Waals surface area contributed by atoms with Crippen molar-refractivity contribution < 1.29 is 8.42 Å². The first-order chi connectivity index (χ1) is 8.82. The van der Waals surface area contributed by atoms with E-state index in [-0.39, 0.29) is 6.04 Å². The topological polar surface area (TPSA) is 63.4 Å². The lowest BCUT2D eigenvalue weighted by molar-refractivity contribution is 0.320. The highest BCUT2D eigenvalue weighted by atomic mass is 32.2. The molecule has 0 amide bonds. The molecule has 1 aliphatic rings. The van der Waals surface area contributed by atoms with Crippen molar-refractivity contribution in [3.8, 4) is 0 Å². The van der Waals surface area contributed by atoms with Crippen LogP contribution in [0, 0.1) is 20.8 Å². The second-order valence-corrected chi connectivity index (χ2v) is 7.34. The standard InChI is InChI=1S/C14H22N2O2S/c1-10-8-11(2)14(12(3)9-10)19(17,18)16-6-4-13(15)5-7-16/h8-9,13H,4-7,15H2,1-3H3. The molecule has 1 aromatic rings. The van der Waals surface area contributed by atoms with Gasteiger partial charge in [0, 0.05) is 19.1 Å². The van der Waals surface area contributed by atoms with Gasteiger partial charge in [0.05, 0.1) is 4.90 Å². The molecule has 1 fully saturated rings. The van der Waals surface area contributed by atoms with Gasteiger partial charge in [-0.1, -0.05) is 17.7 Å². The number of hydrogen-bond acceptors (Lipinski definition) is 3. The highest BCUT2D eigenvalue weighted by molar-refractivity contribution is 7.89. The Kier molecular flexibility index (Phi) is 3.99. The van der Waals surface area contributed by atoms with Gasteiger partial charge in [0.15, 0.2) is 0 Å². The number of nitrogens with zero attached hydrogens (tertiary/aromatic N) is 1. The van der Waals surface area contributed by atoms with E-state index < -0.39 is 10.0 Å². The molecule has 2 rings (SSSR count). The normalized spacial score (nSPS) is 18.7. The fourth-order valence-electron chi connectivity index (χ4n) is 2.82. The quantitative estimate of drug-likeness (QED) is 0.898. The van der Waals surface area contributed by atoms with Crippen LogP contribution in [0.3, 0.4) is 0 Å². The van der Waals surface area contributed by atoms with E-state index in [0.717, 1.165) is 29.5 Å². The maximum Gasteiger partial charge on any atom is 0.243 e. The molecule has 5 heteroatoms. The summed E-state index contributed by atoms with van der Waals surface area (Å²) in [6.07, 6.45) is 1.48. The molecule has 4 nitrogen and oxygen atoms in total. The smallest absolute Gasteiger partial charge is 0.243 e. The van der Waals surface area contributed by atoms with Crippen LogP contribution in [0.2, 0.25) is 0 Å². The lowest BCUT2D eigenvalue weighted by atomic mass is 10.1. The maximum absolute atomic E-state index is 12.7. The molecule has 0 atom stereocenters. The van der Waals surface area contributed by atoms with E-state index >= 15 is 0 Å². The molecular formula is C14H22N2O2S. The highest BCUT2D eigenvalue weighted by Crippen LogP contribution is 2.27. The Balaban J connectivity index is 2.40. The molecule has 0 bridgehead atoms. The molecule has 2 N–H and O–H groups in total. The predicted molar refractivity (Wildman–Crippen MR) is 76.6 cm³/mol. The molecule has 0 spiro atoms. The molecule has 1 aliphatic heterocycles. The number of rotatable bonds is 2. The first kappa shape index (κ1) is 14.5. The van der Waals surface area contributed by atoms with Crippen LogP contribution < -0.4 is 5.73 Å². The van der Waals surface area contributed by atoms with Crippen molar-refractivity contribution in [1.82, 2.24) is 4.31 Å². The van der Waals surface area contributed by atoms with Gasteiger partial charge in [0.25, 0.3) is 0 Å². The predicted octanol–water partition coefficient (Wildman–Crippen LogP) is 1.72. The van der Waals surface area contributed by atoms with Crippen molar-refractivity contribution in [1.29, 1.82) is 0 Å². The number of sulfonamides is 1. The van der Waals surface area contributed by atoms with E-state index in [1.807, 2.05) is 32.9 Å². The summed E-state index contributed by atoms with van der Waals surface area (Å²) in [6, 6.07) is 3.98. The molecule has 1 saturated heterocycles. The average molecular weight is 282 g/mol. The van der Waals surface area contributed by atoms with Crippen LogP contribution in [0.4, 0.5) is 0 Å². The first-order valence-corrected chi connectivity index (χ1v) is 8.10. The van der Waals surface area contributed by atoms with Gasteiger partial charge in [-0.3, -0.25) is 0 Å². The molecule has 0 radical (unpaired) electrons. The van der Waals surface area contributed by atoms with Crippen molar-refractivity contribution in [2.24, 2.45) is 5.73 Å². The molecule has 106 valence electrons. The molecule has 0 aromatic heterocycles. The van der Waals surface area contributed by atoms with Gasteiger partial charge < -0.3 is 5.73 Å². The number of benzene rings is 1. The number of aryl methyl sites for hydroxylation is 3. The van der Waals surface area contributed by atoms with Gasteiger partial charge in [-0.15, -0.1) is 0 Å². The van der Waals surface area contributed by atoms with Crippen LogP contribution in [0.15, 0.2) is 17.0 Å². The van der Waals surface area contributed by atoms with Crippen LogP contribution >= 0.6 is 0 Å². The third kappa shape index (κ3) is 2.83. The van der Waals surface area contributed by atoms with Crippen LogP contribution in [0.5, 0.6) is 0 Å². The third-order valence-corrected chi connectivity index (χ3v) is 5.91. The first-order valence-electron chi connectivity index (χ1n) is 6.66. The summed E-state index contributed by atoms with van der Waals surface area (Å²) < 4.78 is 27.0. The molecule has 1 heterocycles. The Morgan fingerprint density at radius 1 is 1.11 bits per heavy atom. The number of piperidine rings is 1. The lowest BCUT2D eigenvalue weighted by Gasteiger charge is -2.30. The molecule has 1 aromatic carbocycles. The Labute approximate surface area is 115 Å². The highest BCUT2D eigenvalue weighted by Gasteiger charge is 2.30. The zero-order valence-electron chi connectivity index (χ0n) is 11.8. The summed E-state index contributed by atoms with van der Waals surface area (Å²) in [5, 5.41) is 0. The van der Waals surface area contributed by atoms with Gasteiger partial charge in [-0.05, 0) is 44.7 Å². The van der Waals surface area contributed by atoms with Crippen LogP contribution in [-0.4, -0.2) is 31.9 Å². The molecule has 0 unspecified atom stereocenters. The summed E-state index contributed by atoms with van der Waals surface area (Å²) in [5.41, 5.74) is 8.58. The minimum Gasteiger partial charge on any atom is -0.328 e. The van der Waals surface area contributed by atoms with Crippen molar-refractivity contribution in [3.63, 3.8) is 0 Å². The monoisotopic (exact) mass is 282 g/mol. The molecule has 0 saturated carbocycles. The van der Waals surface area contributed by atoms with Crippen LogP contribution in [0.25, 0.3) is 0 Å². The van der Waals surface area contributed by atoms with E-state index in [4.69, 9.17) is 5.73 Å². The largest absolute Gasteiger partial charge is 0.328 e. The Hall–Kier alpha value is -0.910. The van der Waals surface area contributed by atoms with Gasteiger partial charge in [0.2, 0.25) is 10.0 Å². The summed E-state index contributed by atoms with van der Waals surface area (Å²) in [7, 11) is -3.39. The molecular weight excluding hydrogens is 260 g/mol. The van der Waals surface area contributed by atoms with Crippen molar-refractivity contribution in [2.75, 3.05) is 13.1 Å². The van der Waals surface area contributed by atoms with Gasteiger partial charge in [-0.2, -0.15) is 4.31 Å². The fraction of sp³-hybridized carbons (Fsp3) is 0.571. The van der Waals surface area contributed by atoms with Crippen molar-refractivity contribution >= 4 is 10.0 Å². The summed E-state index contributed by atoms with van der Waals surface area (Å²) in [5.74, 6) is 0. The minimum absolute atomic E-state index is 0.131. The molecule has 0 aliphatic carbocycles. The third-order valence-electron chi connectivity index (χ3n) is 3.70. The summed E-state index contributed by atoms with van der Waals surface area (Å²) in [4.78, 5) is 0.466. The van der Waals surface area contributed by atoms with Crippen molar-refractivity contribution in [2.45, 2.75) is 44.6 Å². The zero-order valence-corrected chi connectivity index (χ0v) is 12.6. The summed E-state index contributed by atoms with van der Waals surface area (Å²) in [6.45, 7) is 6.76. The van der Waals surface area contributed by atoms with Crippen molar-refractivity contribution in [3.05, 3.63) is 28.8 Å². The van der Waals surface area contributed by atoms with Gasteiger partial charge >= 0.3 is 0 Å². The van der Waals surface area contributed by atoms with Crippen LogP contribution in [-0.2, 0) is 10.0 Å². The number of hydrogen-bond donors (Lipinski definition) is 1.